The van der Waals surface area contributed by atoms with Gasteiger partial charge < -0.3 is 10.2 Å². The predicted octanol–water partition coefficient (Wildman–Crippen LogP) is 2.40. The summed E-state index contributed by atoms with van der Waals surface area (Å²) in [5.41, 5.74) is 2.55. The molecule has 1 N–H and O–H groups in total. The molecular weight excluding hydrogens is 258 g/mol. The van der Waals surface area contributed by atoms with E-state index < -0.39 is 0 Å². The summed E-state index contributed by atoms with van der Waals surface area (Å²) in [6, 6.07) is 1.96. The molecule has 4 nitrogen and oxygen atoms in total. The second-order valence-corrected chi connectivity index (χ2v) is 5.93. The van der Waals surface area contributed by atoms with Crippen molar-refractivity contribution in [3.8, 4) is 0 Å². The van der Waals surface area contributed by atoms with Crippen LogP contribution < -0.4 is 5.32 Å². The highest BCUT2D eigenvalue weighted by Gasteiger charge is 2.21. The van der Waals surface area contributed by atoms with E-state index in [1.807, 2.05) is 29.7 Å². The van der Waals surface area contributed by atoms with Crippen molar-refractivity contribution in [1.82, 2.24) is 9.88 Å². The van der Waals surface area contributed by atoms with E-state index in [9.17, 15) is 4.79 Å². The number of amides is 1. The zero-order valence-electron chi connectivity index (χ0n) is 11.6. The first-order chi connectivity index (χ1) is 9.22. The number of aryl methyl sites for hydroxylation is 1. The third kappa shape index (κ3) is 3.62. The van der Waals surface area contributed by atoms with Crippen molar-refractivity contribution in [3.05, 3.63) is 23.5 Å². The van der Waals surface area contributed by atoms with E-state index in [0.29, 0.717) is 5.56 Å². The number of hydrogen-bond donors (Lipinski definition) is 1. The van der Waals surface area contributed by atoms with Crippen LogP contribution in [0.25, 0.3) is 0 Å². The predicted molar refractivity (Wildman–Crippen MR) is 81.0 cm³/mol. The molecule has 0 saturated carbocycles. The van der Waals surface area contributed by atoms with Crippen molar-refractivity contribution < 1.29 is 4.79 Å². The molecule has 2 heterocycles. The highest BCUT2D eigenvalue weighted by molar-refractivity contribution is 7.99. The standard InChI is InChI=1S/C14H21N3OS/c1-3-4-15-13-9-11(2)16-10-12(13)14(18)17-5-7-19-8-6-17/h9-10H,3-8H2,1-2H3,(H,15,16). The number of nitrogens with zero attached hydrogens (tertiary/aromatic N) is 2. The van der Waals surface area contributed by atoms with Crippen molar-refractivity contribution in [3.63, 3.8) is 0 Å². The van der Waals surface area contributed by atoms with Gasteiger partial charge in [0.15, 0.2) is 0 Å². The first kappa shape index (κ1) is 14.2. The van der Waals surface area contributed by atoms with Crippen LogP contribution >= 0.6 is 11.8 Å². The van der Waals surface area contributed by atoms with Gasteiger partial charge in [0.1, 0.15) is 0 Å². The van der Waals surface area contributed by atoms with Crippen molar-refractivity contribution in [2.24, 2.45) is 0 Å². The third-order valence-corrected chi connectivity index (χ3v) is 4.08. The maximum absolute atomic E-state index is 12.5. The van der Waals surface area contributed by atoms with Crippen molar-refractivity contribution in [1.29, 1.82) is 0 Å². The quantitative estimate of drug-likeness (QED) is 0.919. The van der Waals surface area contributed by atoms with Gasteiger partial charge in [-0.05, 0) is 19.4 Å². The lowest BCUT2D eigenvalue weighted by Gasteiger charge is -2.27. The zero-order valence-corrected chi connectivity index (χ0v) is 12.4. The number of aromatic nitrogens is 1. The van der Waals surface area contributed by atoms with Gasteiger partial charge in [-0.15, -0.1) is 0 Å². The fraction of sp³-hybridized carbons (Fsp3) is 0.571. The molecule has 1 aliphatic rings. The Labute approximate surface area is 119 Å². The molecular formula is C14H21N3OS. The van der Waals surface area contributed by atoms with Crippen LogP contribution in [0.3, 0.4) is 0 Å². The number of carbonyl (C=O) groups excluding carboxylic acids is 1. The van der Waals surface area contributed by atoms with Crippen LogP contribution in [0.15, 0.2) is 12.3 Å². The topological polar surface area (TPSA) is 45.2 Å². The average Bonchev–Trinajstić information content (AvgIpc) is 2.45. The average molecular weight is 279 g/mol. The molecule has 2 rings (SSSR count). The Morgan fingerprint density at radius 1 is 1.47 bits per heavy atom. The molecule has 19 heavy (non-hydrogen) atoms. The summed E-state index contributed by atoms with van der Waals surface area (Å²) in [6.07, 6.45) is 2.74. The van der Waals surface area contributed by atoms with Crippen LogP contribution in [0.1, 0.15) is 29.4 Å². The van der Waals surface area contributed by atoms with E-state index in [1.54, 1.807) is 6.20 Å². The summed E-state index contributed by atoms with van der Waals surface area (Å²) < 4.78 is 0. The van der Waals surface area contributed by atoms with Gasteiger partial charge in [0.2, 0.25) is 0 Å². The fourth-order valence-corrected chi connectivity index (χ4v) is 2.98. The van der Waals surface area contributed by atoms with Crippen LogP contribution in [0.5, 0.6) is 0 Å². The molecule has 1 amide bonds. The highest BCUT2D eigenvalue weighted by atomic mass is 32.2. The smallest absolute Gasteiger partial charge is 0.257 e. The number of nitrogens with one attached hydrogen (secondary N) is 1. The lowest BCUT2D eigenvalue weighted by atomic mass is 10.1. The van der Waals surface area contributed by atoms with Gasteiger partial charge in [0.05, 0.1) is 11.3 Å². The number of carbonyl (C=O) groups is 1. The second-order valence-electron chi connectivity index (χ2n) is 4.70. The van der Waals surface area contributed by atoms with E-state index in [1.165, 1.54) is 0 Å². The van der Waals surface area contributed by atoms with Crippen LogP contribution in [0.4, 0.5) is 5.69 Å². The monoisotopic (exact) mass is 279 g/mol. The Bertz CT molecular complexity index is 444. The molecule has 0 unspecified atom stereocenters. The Morgan fingerprint density at radius 3 is 2.89 bits per heavy atom. The first-order valence-corrected chi connectivity index (χ1v) is 7.95. The lowest BCUT2D eigenvalue weighted by Crippen LogP contribution is -2.38. The molecule has 1 fully saturated rings. The van der Waals surface area contributed by atoms with Crippen LogP contribution in [0.2, 0.25) is 0 Å². The summed E-state index contributed by atoms with van der Waals surface area (Å²) in [4.78, 5) is 18.7. The molecule has 5 heteroatoms. The van der Waals surface area contributed by atoms with Gasteiger partial charge in [0.25, 0.3) is 5.91 Å². The minimum Gasteiger partial charge on any atom is -0.384 e. The molecule has 104 valence electrons. The number of pyridine rings is 1. The van der Waals surface area contributed by atoms with Gasteiger partial charge in [0, 0.05) is 43.0 Å². The molecule has 1 saturated heterocycles. The third-order valence-electron chi connectivity index (χ3n) is 3.13. The lowest BCUT2D eigenvalue weighted by molar-refractivity contribution is 0.0773. The van der Waals surface area contributed by atoms with E-state index in [0.717, 1.165) is 48.9 Å². The van der Waals surface area contributed by atoms with Crippen molar-refractivity contribution in [2.45, 2.75) is 20.3 Å². The Kier molecular flexibility index (Phi) is 5.07. The molecule has 0 bridgehead atoms. The Balaban J connectivity index is 2.19. The largest absolute Gasteiger partial charge is 0.384 e. The number of rotatable bonds is 4. The zero-order chi connectivity index (χ0) is 13.7. The molecule has 1 aliphatic heterocycles. The SMILES string of the molecule is CCCNc1cc(C)ncc1C(=O)N1CCSCC1. The molecule has 0 atom stereocenters. The summed E-state index contributed by atoms with van der Waals surface area (Å²) in [5.74, 6) is 2.16. The van der Waals surface area contributed by atoms with Crippen molar-refractivity contribution in [2.75, 3.05) is 36.5 Å². The van der Waals surface area contributed by atoms with E-state index in [2.05, 4.69) is 17.2 Å². The summed E-state index contributed by atoms with van der Waals surface area (Å²) in [6.45, 7) is 6.61. The van der Waals surface area contributed by atoms with Gasteiger partial charge in [-0.3, -0.25) is 9.78 Å². The molecule has 0 aromatic carbocycles. The normalized spacial score (nSPS) is 15.4. The van der Waals surface area contributed by atoms with Gasteiger partial charge in [-0.2, -0.15) is 11.8 Å². The Morgan fingerprint density at radius 2 is 2.21 bits per heavy atom. The summed E-state index contributed by atoms with van der Waals surface area (Å²) >= 11 is 1.91. The van der Waals surface area contributed by atoms with E-state index >= 15 is 0 Å². The van der Waals surface area contributed by atoms with Gasteiger partial charge >= 0.3 is 0 Å². The minimum atomic E-state index is 0.103. The number of hydrogen-bond acceptors (Lipinski definition) is 4. The van der Waals surface area contributed by atoms with Crippen LogP contribution in [-0.2, 0) is 0 Å². The van der Waals surface area contributed by atoms with Crippen LogP contribution in [0, 0.1) is 6.92 Å². The molecule has 0 aliphatic carbocycles. The summed E-state index contributed by atoms with van der Waals surface area (Å²) in [5, 5.41) is 3.33. The highest BCUT2D eigenvalue weighted by Crippen LogP contribution is 2.20. The van der Waals surface area contributed by atoms with Gasteiger partial charge in [-0.1, -0.05) is 6.92 Å². The summed E-state index contributed by atoms with van der Waals surface area (Å²) in [7, 11) is 0. The van der Waals surface area contributed by atoms with Gasteiger partial charge in [-0.25, -0.2) is 0 Å². The molecule has 1 aromatic heterocycles. The Hall–Kier alpha value is -1.23. The minimum absolute atomic E-state index is 0.103. The number of thioether (sulfide) groups is 1. The molecule has 0 radical (unpaired) electrons. The molecule has 1 aromatic rings. The maximum atomic E-state index is 12.5. The van der Waals surface area contributed by atoms with Crippen molar-refractivity contribution >= 4 is 23.4 Å². The van der Waals surface area contributed by atoms with Crippen LogP contribution in [-0.4, -0.2) is 46.9 Å². The first-order valence-electron chi connectivity index (χ1n) is 6.80. The van der Waals surface area contributed by atoms with E-state index in [-0.39, 0.29) is 5.91 Å². The fourth-order valence-electron chi connectivity index (χ4n) is 2.07. The maximum Gasteiger partial charge on any atom is 0.257 e. The van der Waals surface area contributed by atoms with E-state index in [4.69, 9.17) is 0 Å². The molecule has 0 spiro atoms. The second kappa shape index (κ2) is 6.80. The number of anilines is 1.